The van der Waals surface area contributed by atoms with Gasteiger partial charge < -0.3 is 5.11 Å². The van der Waals surface area contributed by atoms with E-state index < -0.39 is 5.97 Å². The summed E-state index contributed by atoms with van der Waals surface area (Å²) in [6, 6.07) is 13.2. The lowest BCUT2D eigenvalue weighted by molar-refractivity contribution is -0.137. The second-order valence-corrected chi connectivity index (χ2v) is 6.26. The molecule has 0 bridgehead atoms. The van der Waals surface area contributed by atoms with Gasteiger partial charge in [-0.2, -0.15) is 0 Å². The first kappa shape index (κ1) is 17.6. The number of aliphatic carboxylic acids is 1. The third-order valence-corrected chi connectivity index (χ3v) is 4.40. The minimum atomic E-state index is -0.950. The molecule has 5 heteroatoms. The molecule has 1 aromatic heterocycles. The van der Waals surface area contributed by atoms with Gasteiger partial charge in [-0.3, -0.25) is 14.2 Å². The monoisotopic (exact) mass is 348 g/mol. The molecular weight excluding hydrogens is 328 g/mol. The van der Waals surface area contributed by atoms with Crippen LogP contribution in [0, 0.1) is 13.8 Å². The van der Waals surface area contributed by atoms with Crippen LogP contribution in [0.2, 0.25) is 0 Å². The summed E-state index contributed by atoms with van der Waals surface area (Å²) in [5.74, 6) is -0.498. The highest BCUT2D eigenvalue weighted by atomic mass is 16.4. The van der Waals surface area contributed by atoms with E-state index in [1.165, 1.54) is 15.7 Å². The zero-order chi connectivity index (χ0) is 18.7. The minimum absolute atomic E-state index is 0.0819. The van der Waals surface area contributed by atoms with Crippen molar-refractivity contribution in [2.24, 2.45) is 0 Å². The number of para-hydroxylation sites is 1. The molecule has 26 heavy (non-hydrogen) atoms. The van der Waals surface area contributed by atoms with Gasteiger partial charge in [0.15, 0.2) is 0 Å². The molecule has 3 rings (SSSR count). The van der Waals surface area contributed by atoms with E-state index in [2.05, 4.69) is 18.0 Å². The second kappa shape index (κ2) is 7.35. The fourth-order valence-electron chi connectivity index (χ4n) is 2.78. The Morgan fingerprint density at radius 3 is 2.62 bits per heavy atom. The van der Waals surface area contributed by atoms with Gasteiger partial charge >= 0.3 is 5.97 Å². The van der Waals surface area contributed by atoms with Gasteiger partial charge in [0.05, 0.1) is 17.3 Å². The van der Waals surface area contributed by atoms with Crippen LogP contribution in [0.5, 0.6) is 0 Å². The molecule has 0 unspecified atom stereocenters. The van der Waals surface area contributed by atoms with E-state index in [-0.39, 0.29) is 18.5 Å². The Kier molecular flexibility index (Phi) is 4.98. The maximum atomic E-state index is 12.8. The molecule has 0 saturated carbocycles. The average Bonchev–Trinajstić information content (AvgIpc) is 2.62. The molecule has 0 atom stereocenters. The largest absolute Gasteiger partial charge is 0.481 e. The molecule has 0 aliphatic rings. The number of fused-ring (bicyclic) bond motifs is 1. The summed E-state index contributed by atoms with van der Waals surface area (Å²) < 4.78 is 1.42. The highest BCUT2D eigenvalue weighted by Crippen LogP contribution is 2.14. The van der Waals surface area contributed by atoms with Crippen molar-refractivity contribution in [2.75, 3.05) is 0 Å². The van der Waals surface area contributed by atoms with E-state index in [0.717, 1.165) is 5.56 Å². The van der Waals surface area contributed by atoms with Crippen LogP contribution in [0.3, 0.4) is 0 Å². The van der Waals surface area contributed by atoms with Gasteiger partial charge in [-0.05, 0) is 48.7 Å². The summed E-state index contributed by atoms with van der Waals surface area (Å²) >= 11 is 0. The number of benzene rings is 2. The maximum Gasteiger partial charge on any atom is 0.305 e. The Bertz CT molecular complexity index is 1060. The number of carboxylic acids is 1. The molecule has 132 valence electrons. The number of aryl methyl sites for hydroxylation is 2. The lowest BCUT2D eigenvalue weighted by Crippen LogP contribution is -2.25. The molecule has 1 heterocycles. The van der Waals surface area contributed by atoms with E-state index in [4.69, 9.17) is 5.11 Å². The fourth-order valence-corrected chi connectivity index (χ4v) is 2.78. The van der Waals surface area contributed by atoms with Crippen molar-refractivity contribution < 1.29 is 9.90 Å². The van der Waals surface area contributed by atoms with Gasteiger partial charge in [0.2, 0.25) is 0 Å². The number of nitrogens with zero attached hydrogens (tertiary/aromatic N) is 2. The van der Waals surface area contributed by atoms with Gasteiger partial charge in [0.25, 0.3) is 5.56 Å². The van der Waals surface area contributed by atoms with Crippen LogP contribution >= 0.6 is 0 Å². The van der Waals surface area contributed by atoms with Crippen LogP contribution in [0.25, 0.3) is 23.1 Å². The van der Waals surface area contributed by atoms with Crippen molar-refractivity contribution in [2.45, 2.75) is 26.8 Å². The highest BCUT2D eigenvalue weighted by molar-refractivity contribution is 5.79. The quantitative estimate of drug-likeness (QED) is 0.764. The lowest BCUT2D eigenvalue weighted by atomic mass is 10.1. The van der Waals surface area contributed by atoms with Crippen molar-refractivity contribution in [1.29, 1.82) is 0 Å². The van der Waals surface area contributed by atoms with Crippen molar-refractivity contribution >= 4 is 29.0 Å². The van der Waals surface area contributed by atoms with Crippen LogP contribution in [-0.2, 0) is 11.3 Å². The molecule has 0 radical (unpaired) electrons. The molecule has 1 N–H and O–H groups in total. The third-order valence-electron chi connectivity index (χ3n) is 4.40. The van der Waals surface area contributed by atoms with E-state index in [9.17, 15) is 9.59 Å². The Morgan fingerprint density at radius 2 is 1.88 bits per heavy atom. The standard InChI is InChI=1S/C21H20N2O3/c1-14-7-8-16(13-15(14)2)9-10-19-22-18-6-4-3-5-17(18)21(26)23(19)12-11-20(24)25/h3-10,13H,11-12H2,1-2H3,(H,24,25)/b10-9+. The second-order valence-electron chi connectivity index (χ2n) is 6.26. The van der Waals surface area contributed by atoms with Crippen LogP contribution < -0.4 is 5.56 Å². The molecule has 0 saturated heterocycles. The average molecular weight is 348 g/mol. The number of carbonyl (C=O) groups is 1. The molecule has 0 amide bonds. The van der Waals surface area contributed by atoms with Gasteiger partial charge in [0, 0.05) is 6.54 Å². The molecule has 2 aromatic carbocycles. The molecule has 0 spiro atoms. The molecular formula is C21H20N2O3. The van der Waals surface area contributed by atoms with Crippen molar-refractivity contribution in [3.63, 3.8) is 0 Å². The fraction of sp³-hybridized carbons (Fsp3) is 0.190. The summed E-state index contributed by atoms with van der Waals surface area (Å²) in [7, 11) is 0. The molecule has 0 aliphatic carbocycles. The Balaban J connectivity index is 2.08. The highest BCUT2D eigenvalue weighted by Gasteiger charge is 2.10. The maximum absolute atomic E-state index is 12.8. The zero-order valence-corrected chi connectivity index (χ0v) is 14.8. The van der Waals surface area contributed by atoms with E-state index >= 15 is 0 Å². The summed E-state index contributed by atoms with van der Waals surface area (Å²) in [6.45, 7) is 4.18. The number of carboxylic acid groups (broad SMARTS) is 1. The van der Waals surface area contributed by atoms with Gasteiger partial charge in [-0.15, -0.1) is 0 Å². The topological polar surface area (TPSA) is 72.2 Å². The predicted molar refractivity (Wildman–Crippen MR) is 103 cm³/mol. The van der Waals surface area contributed by atoms with Crippen molar-refractivity contribution in [1.82, 2.24) is 9.55 Å². The Hall–Kier alpha value is -3.21. The number of hydrogen-bond donors (Lipinski definition) is 1. The van der Waals surface area contributed by atoms with Gasteiger partial charge in [0.1, 0.15) is 5.82 Å². The Morgan fingerprint density at radius 1 is 1.12 bits per heavy atom. The molecule has 0 aliphatic heterocycles. The van der Waals surface area contributed by atoms with E-state index in [1.807, 2.05) is 31.2 Å². The van der Waals surface area contributed by atoms with Gasteiger partial charge in [-0.25, -0.2) is 4.98 Å². The smallest absolute Gasteiger partial charge is 0.305 e. The third kappa shape index (κ3) is 3.72. The van der Waals surface area contributed by atoms with Gasteiger partial charge in [-0.1, -0.05) is 36.4 Å². The van der Waals surface area contributed by atoms with Crippen molar-refractivity contribution in [3.8, 4) is 0 Å². The SMILES string of the molecule is Cc1ccc(/C=C/c2nc3ccccc3c(=O)n2CCC(=O)O)cc1C. The lowest BCUT2D eigenvalue weighted by Gasteiger charge is -2.10. The van der Waals surface area contributed by atoms with E-state index in [0.29, 0.717) is 16.7 Å². The first-order valence-electron chi connectivity index (χ1n) is 8.42. The van der Waals surface area contributed by atoms with E-state index in [1.54, 1.807) is 24.3 Å². The molecule has 3 aromatic rings. The van der Waals surface area contributed by atoms with Crippen LogP contribution in [0.1, 0.15) is 28.9 Å². The molecule has 5 nitrogen and oxygen atoms in total. The summed E-state index contributed by atoms with van der Waals surface area (Å²) in [5, 5.41) is 9.47. The first-order chi connectivity index (χ1) is 12.5. The first-order valence-corrected chi connectivity index (χ1v) is 8.42. The number of aromatic nitrogens is 2. The normalized spacial score (nSPS) is 11.3. The number of hydrogen-bond acceptors (Lipinski definition) is 3. The van der Waals surface area contributed by atoms with Crippen LogP contribution in [0.4, 0.5) is 0 Å². The molecule has 0 fully saturated rings. The predicted octanol–water partition coefficient (Wildman–Crippen LogP) is 3.66. The summed E-state index contributed by atoms with van der Waals surface area (Å²) in [5.41, 5.74) is 3.77. The summed E-state index contributed by atoms with van der Waals surface area (Å²) in [4.78, 5) is 28.3. The van der Waals surface area contributed by atoms with Crippen LogP contribution in [-0.4, -0.2) is 20.6 Å². The van der Waals surface area contributed by atoms with Crippen molar-refractivity contribution in [3.05, 3.63) is 75.3 Å². The zero-order valence-electron chi connectivity index (χ0n) is 14.8. The minimum Gasteiger partial charge on any atom is -0.481 e. The Labute approximate surface area is 151 Å². The number of rotatable bonds is 5. The van der Waals surface area contributed by atoms with Crippen LogP contribution in [0.15, 0.2) is 47.3 Å². The summed E-state index contributed by atoms with van der Waals surface area (Å²) in [6.07, 6.45) is 3.52.